The Morgan fingerprint density at radius 1 is 1.19 bits per heavy atom. The van der Waals surface area contributed by atoms with Crippen molar-refractivity contribution < 1.29 is 14.3 Å². The Kier molecular flexibility index (Phi) is 5.31. The molecule has 0 radical (unpaired) electrons. The average molecular weight is 399 g/mol. The molecule has 0 saturated carbocycles. The van der Waals surface area contributed by atoms with Crippen molar-refractivity contribution in [3.63, 3.8) is 0 Å². The van der Waals surface area contributed by atoms with Gasteiger partial charge in [0.05, 0.1) is 11.3 Å². The monoisotopic (exact) mass is 398 g/mol. The third-order valence-corrected chi connectivity index (χ3v) is 5.71. The average Bonchev–Trinajstić information content (AvgIpc) is 3.16. The van der Waals surface area contributed by atoms with Crippen molar-refractivity contribution in [1.82, 2.24) is 4.98 Å². The normalized spacial score (nSPS) is 12.6. The quantitative estimate of drug-likeness (QED) is 0.617. The van der Waals surface area contributed by atoms with Gasteiger partial charge in [-0.2, -0.15) is 0 Å². The predicted molar refractivity (Wildman–Crippen MR) is 109 cm³/mol. The molecule has 1 aliphatic rings. The number of thiazole rings is 1. The molecule has 5 nitrogen and oxygen atoms in total. The molecule has 0 atom stereocenters. The van der Waals surface area contributed by atoms with Crippen LogP contribution in [-0.2, 0) is 0 Å². The van der Waals surface area contributed by atoms with E-state index < -0.39 is 0 Å². The van der Waals surface area contributed by atoms with Crippen LogP contribution < -0.4 is 14.8 Å². The van der Waals surface area contributed by atoms with E-state index in [9.17, 15) is 4.79 Å². The minimum atomic E-state index is -0.144. The Labute approximate surface area is 165 Å². The van der Waals surface area contributed by atoms with Gasteiger partial charge in [0.2, 0.25) is 0 Å². The van der Waals surface area contributed by atoms with Gasteiger partial charge in [-0.3, -0.25) is 10.1 Å². The van der Waals surface area contributed by atoms with Gasteiger partial charge in [-0.25, -0.2) is 4.98 Å². The summed E-state index contributed by atoms with van der Waals surface area (Å²) in [5.74, 6) is 2.24. The molecule has 1 N–H and O–H groups in total. The summed E-state index contributed by atoms with van der Waals surface area (Å²) in [4.78, 5) is 18.2. The zero-order valence-electron chi connectivity index (χ0n) is 14.7. The number of aromatic nitrogens is 1. The molecule has 0 spiro atoms. The number of benzene rings is 2. The maximum Gasteiger partial charge on any atom is 0.258 e. The number of rotatable bonds is 5. The van der Waals surface area contributed by atoms with Crippen LogP contribution in [0.15, 0.2) is 52.7 Å². The molecule has 1 aliphatic heterocycles. The smallest absolute Gasteiger partial charge is 0.258 e. The van der Waals surface area contributed by atoms with E-state index in [-0.39, 0.29) is 5.91 Å². The highest BCUT2D eigenvalue weighted by atomic mass is 32.2. The fourth-order valence-electron chi connectivity index (χ4n) is 2.77. The second-order valence-electron chi connectivity index (χ2n) is 5.78. The van der Waals surface area contributed by atoms with Crippen LogP contribution in [0.3, 0.4) is 0 Å². The molecule has 4 rings (SSSR count). The lowest BCUT2D eigenvalue weighted by Gasteiger charge is -2.18. The highest BCUT2D eigenvalue weighted by Gasteiger charge is 2.16. The molecule has 27 heavy (non-hydrogen) atoms. The van der Waals surface area contributed by atoms with Gasteiger partial charge in [-0.1, -0.05) is 19.1 Å². The molecule has 0 unspecified atom stereocenters. The van der Waals surface area contributed by atoms with Gasteiger partial charge in [0.15, 0.2) is 16.6 Å². The van der Waals surface area contributed by atoms with Crippen LogP contribution in [-0.4, -0.2) is 29.9 Å². The fraction of sp³-hybridized carbons (Fsp3) is 0.200. The zero-order valence-corrected chi connectivity index (χ0v) is 16.4. The van der Waals surface area contributed by atoms with E-state index >= 15 is 0 Å². The van der Waals surface area contributed by atoms with Crippen molar-refractivity contribution in [2.24, 2.45) is 0 Å². The van der Waals surface area contributed by atoms with Crippen molar-refractivity contribution >= 4 is 34.1 Å². The minimum absolute atomic E-state index is 0.144. The number of hydrogen-bond acceptors (Lipinski definition) is 6. The summed E-state index contributed by atoms with van der Waals surface area (Å²) >= 11 is 3.05. The first-order valence-electron chi connectivity index (χ1n) is 8.63. The molecule has 0 aliphatic carbocycles. The SMILES string of the molecule is CCSc1ccccc1C(=O)Nc1nc(-c2ccc3c(c2)OCCO3)cs1. The van der Waals surface area contributed by atoms with E-state index in [1.54, 1.807) is 11.8 Å². The zero-order chi connectivity index (χ0) is 18.6. The number of hydrogen-bond donors (Lipinski definition) is 1. The summed E-state index contributed by atoms with van der Waals surface area (Å²) < 4.78 is 11.2. The highest BCUT2D eigenvalue weighted by molar-refractivity contribution is 7.99. The lowest BCUT2D eigenvalue weighted by Crippen LogP contribution is -2.15. The van der Waals surface area contributed by atoms with Crippen LogP contribution in [0.1, 0.15) is 17.3 Å². The van der Waals surface area contributed by atoms with E-state index in [0.29, 0.717) is 23.9 Å². The van der Waals surface area contributed by atoms with Gasteiger partial charge < -0.3 is 9.47 Å². The molecule has 138 valence electrons. The summed E-state index contributed by atoms with van der Waals surface area (Å²) in [5, 5.41) is 5.40. The molecule has 2 heterocycles. The second kappa shape index (κ2) is 8.02. The van der Waals surface area contributed by atoms with Crippen molar-refractivity contribution in [2.75, 3.05) is 24.3 Å². The summed E-state index contributed by atoms with van der Waals surface area (Å²) in [7, 11) is 0. The number of nitrogens with zero attached hydrogens (tertiary/aromatic N) is 1. The number of carbonyl (C=O) groups is 1. The largest absolute Gasteiger partial charge is 0.486 e. The van der Waals surface area contributed by atoms with E-state index in [1.165, 1.54) is 11.3 Å². The Bertz CT molecular complexity index is 971. The Balaban J connectivity index is 1.52. The van der Waals surface area contributed by atoms with Crippen molar-refractivity contribution in [3.05, 3.63) is 53.4 Å². The Morgan fingerprint density at radius 3 is 2.85 bits per heavy atom. The molecule has 1 amide bonds. The molecule has 0 fully saturated rings. The standard InChI is InChI=1S/C20H18N2O3S2/c1-2-26-18-6-4-3-5-14(18)19(23)22-20-21-15(12-27-20)13-7-8-16-17(11-13)25-10-9-24-16/h3-8,11-12H,2,9-10H2,1H3,(H,21,22,23). The maximum absolute atomic E-state index is 12.7. The van der Waals surface area contributed by atoms with Gasteiger partial charge in [0, 0.05) is 15.8 Å². The third-order valence-electron chi connectivity index (χ3n) is 3.99. The molecular formula is C20H18N2O3S2. The van der Waals surface area contributed by atoms with Gasteiger partial charge in [0.25, 0.3) is 5.91 Å². The summed E-state index contributed by atoms with van der Waals surface area (Å²) in [6.07, 6.45) is 0. The topological polar surface area (TPSA) is 60.5 Å². The number of carbonyl (C=O) groups excluding carboxylic acids is 1. The molecule has 0 saturated heterocycles. The van der Waals surface area contributed by atoms with E-state index in [0.717, 1.165) is 33.4 Å². The number of thioether (sulfide) groups is 1. The van der Waals surface area contributed by atoms with Gasteiger partial charge in [-0.05, 0) is 36.1 Å². The predicted octanol–water partition coefficient (Wildman–Crippen LogP) is 4.95. The number of ether oxygens (including phenoxy) is 2. The molecule has 1 aromatic heterocycles. The highest BCUT2D eigenvalue weighted by Crippen LogP contribution is 2.35. The number of nitrogens with one attached hydrogen (secondary N) is 1. The van der Waals surface area contributed by atoms with E-state index in [1.807, 2.05) is 47.8 Å². The van der Waals surface area contributed by atoms with Gasteiger partial charge in [0.1, 0.15) is 13.2 Å². The van der Waals surface area contributed by atoms with Gasteiger partial charge in [-0.15, -0.1) is 23.1 Å². The lowest BCUT2D eigenvalue weighted by atomic mass is 10.1. The van der Waals surface area contributed by atoms with Crippen LogP contribution in [0.5, 0.6) is 11.5 Å². The number of fused-ring (bicyclic) bond motifs is 1. The fourth-order valence-corrected chi connectivity index (χ4v) is 4.28. The first-order chi connectivity index (χ1) is 13.2. The van der Waals surface area contributed by atoms with Crippen LogP contribution in [0.25, 0.3) is 11.3 Å². The van der Waals surface area contributed by atoms with Crippen molar-refractivity contribution in [3.8, 4) is 22.8 Å². The molecular weight excluding hydrogens is 380 g/mol. The summed E-state index contributed by atoms with van der Waals surface area (Å²) in [6.45, 7) is 3.18. The van der Waals surface area contributed by atoms with Crippen LogP contribution >= 0.6 is 23.1 Å². The Morgan fingerprint density at radius 2 is 2.00 bits per heavy atom. The van der Waals surface area contributed by atoms with Crippen LogP contribution in [0.2, 0.25) is 0 Å². The summed E-state index contributed by atoms with van der Waals surface area (Å²) in [5.41, 5.74) is 2.39. The van der Waals surface area contributed by atoms with E-state index in [4.69, 9.17) is 9.47 Å². The third kappa shape index (κ3) is 3.94. The lowest BCUT2D eigenvalue weighted by molar-refractivity contribution is 0.102. The first kappa shape index (κ1) is 17.9. The van der Waals surface area contributed by atoms with Gasteiger partial charge >= 0.3 is 0 Å². The Hall–Kier alpha value is -2.51. The molecule has 3 aromatic rings. The number of amides is 1. The van der Waals surface area contributed by atoms with Crippen molar-refractivity contribution in [2.45, 2.75) is 11.8 Å². The first-order valence-corrected chi connectivity index (χ1v) is 10.5. The van der Waals surface area contributed by atoms with Crippen LogP contribution in [0, 0.1) is 0 Å². The maximum atomic E-state index is 12.7. The molecule has 0 bridgehead atoms. The van der Waals surface area contributed by atoms with E-state index in [2.05, 4.69) is 17.2 Å². The molecule has 7 heteroatoms. The van der Waals surface area contributed by atoms with Crippen LogP contribution in [0.4, 0.5) is 5.13 Å². The van der Waals surface area contributed by atoms with Crippen molar-refractivity contribution in [1.29, 1.82) is 0 Å². The minimum Gasteiger partial charge on any atom is -0.486 e. The number of anilines is 1. The second-order valence-corrected chi connectivity index (χ2v) is 7.94. The summed E-state index contributed by atoms with van der Waals surface area (Å²) in [6, 6.07) is 13.4. The molecule has 2 aromatic carbocycles.